The maximum absolute atomic E-state index is 12.4. The van der Waals surface area contributed by atoms with Crippen LogP contribution in [0.25, 0.3) is 10.9 Å². The fourth-order valence-electron chi connectivity index (χ4n) is 2.52. The molecule has 0 fully saturated rings. The zero-order valence-corrected chi connectivity index (χ0v) is 10.6. The van der Waals surface area contributed by atoms with Gasteiger partial charge in [0.25, 0.3) is 0 Å². The van der Waals surface area contributed by atoms with E-state index >= 15 is 0 Å². The summed E-state index contributed by atoms with van der Waals surface area (Å²) in [5.74, 6) is 0.0431. The van der Waals surface area contributed by atoms with Gasteiger partial charge in [0.15, 0.2) is 0 Å². The van der Waals surface area contributed by atoms with Gasteiger partial charge in [0.1, 0.15) is 6.61 Å². The lowest BCUT2D eigenvalue weighted by molar-refractivity contribution is 0.101. The summed E-state index contributed by atoms with van der Waals surface area (Å²) in [6.45, 7) is 4.01. The summed E-state index contributed by atoms with van der Waals surface area (Å²) in [6, 6.07) is 8.03. The number of hydrogen-bond donors (Lipinski definition) is 1. The van der Waals surface area contributed by atoms with Crippen LogP contribution in [0, 0.1) is 0 Å². The van der Waals surface area contributed by atoms with E-state index in [0.29, 0.717) is 12.3 Å². The molecule has 1 aliphatic rings. The molecule has 0 bridgehead atoms. The zero-order chi connectivity index (χ0) is 13.2. The first-order valence-corrected chi connectivity index (χ1v) is 6.37. The van der Waals surface area contributed by atoms with Crippen molar-refractivity contribution in [1.29, 1.82) is 0 Å². The van der Waals surface area contributed by atoms with Gasteiger partial charge < -0.3 is 9.72 Å². The molecule has 0 saturated carbocycles. The molecule has 0 radical (unpaired) electrons. The molecular formula is C16H15NO2. The number of carbonyl (C=O) groups excluding carboxylic acids is 1. The van der Waals surface area contributed by atoms with Crippen molar-refractivity contribution in [1.82, 2.24) is 4.98 Å². The minimum atomic E-state index is 0.0431. The Morgan fingerprint density at radius 3 is 3.00 bits per heavy atom. The third kappa shape index (κ3) is 1.97. The van der Waals surface area contributed by atoms with Crippen LogP contribution in [0.1, 0.15) is 22.5 Å². The van der Waals surface area contributed by atoms with Crippen molar-refractivity contribution < 1.29 is 9.53 Å². The Hall–Kier alpha value is -2.29. The van der Waals surface area contributed by atoms with Crippen molar-refractivity contribution in [3.05, 3.63) is 60.0 Å². The molecule has 19 heavy (non-hydrogen) atoms. The fourth-order valence-corrected chi connectivity index (χ4v) is 2.52. The molecule has 96 valence electrons. The number of allylic oxidation sites excluding steroid dienone is 1. The molecule has 1 N–H and O–H groups in total. The largest absolute Gasteiger partial charge is 0.497 e. The molecule has 0 atom stereocenters. The first-order valence-electron chi connectivity index (χ1n) is 6.37. The summed E-state index contributed by atoms with van der Waals surface area (Å²) in [7, 11) is 0. The van der Waals surface area contributed by atoms with E-state index in [1.54, 1.807) is 12.3 Å². The first kappa shape index (κ1) is 11.8. The molecule has 2 aromatic rings. The van der Waals surface area contributed by atoms with Crippen molar-refractivity contribution in [2.75, 3.05) is 6.61 Å². The molecule has 0 aliphatic heterocycles. The first-order chi connectivity index (χ1) is 9.31. The molecule has 1 aliphatic carbocycles. The Balaban J connectivity index is 2.00. The minimum absolute atomic E-state index is 0.0431. The van der Waals surface area contributed by atoms with Gasteiger partial charge in [-0.05, 0) is 24.5 Å². The van der Waals surface area contributed by atoms with Crippen LogP contribution >= 0.6 is 0 Å². The monoisotopic (exact) mass is 253 g/mol. The minimum Gasteiger partial charge on any atom is -0.497 e. The van der Waals surface area contributed by atoms with E-state index in [1.165, 1.54) is 0 Å². The second-order valence-corrected chi connectivity index (χ2v) is 4.62. The SMILES string of the molecule is C=CCOC=C1CCc2c([nH]c3ccccc23)C1=O. The van der Waals surface area contributed by atoms with Crippen molar-refractivity contribution in [3.8, 4) is 0 Å². The van der Waals surface area contributed by atoms with Crippen molar-refractivity contribution >= 4 is 16.7 Å². The lowest BCUT2D eigenvalue weighted by Gasteiger charge is -2.13. The summed E-state index contributed by atoms with van der Waals surface area (Å²) in [4.78, 5) is 15.6. The highest BCUT2D eigenvalue weighted by molar-refractivity contribution is 6.12. The number of aromatic amines is 1. The molecule has 1 aromatic carbocycles. The maximum atomic E-state index is 12.4. The van der Waals surface area contributed by atoms with Crippen LogP contribution in [0.15, 0.2) is 48.8 Å². The summed E-state index contributed by atoms with van der Waals surface area (Å²) in [5.41, 5.74) is 3.58. The Morgan fingerprint density at radius 2 is 2.16 bits per heavy atom. The normalized spacial score (nSPS) is 16.6. The molecule has 3 heteroatoms. The van der Waals surface area contributed by atoms with Crippen LogP contribution in [0.3, 0.4) is 0 Å². The number of Topliss-reactive ketones (excluding diaryl/α,β-unsaturated/α-hetero) is 1. The second-order valence-electron chi connectivity index (χ2n) is 4.62. The third-order valence-electron chi connectivity index (χ3n) is 3.42. The van der Waals surface area contributed by atoms with Gasteiger partial charge in [0, 0.05) is 16.5 Å². The van der Waals surface area contributed by atoms with Crippen LogP contribution in [0.2, 0.25) is 0 Å². The van der Waals surface area contributed by atoms with Crippen LogP contribution in [0.5, 0.6) is 0 Å². The predicted octanol–water partition coefficient (Wildman–Crippen LogP) is 3.38. The zero-order valence-electron chi connectivity index (χ0n) is 10.6. The number of nitrogens with one attached hydrogen (secondary N) is 1. The Labute approximate surface area is 111 Å². The van der Waals surface area contributed by atoms with Gasteiger partial charge in [-0.25, -0.2) is 0 Å². The van der Waals surface area contributed by atoms with E-state index in [1.807, 2.05) is 18.2 Å². The van der Waals surface area contributed by atoms with Crippen molar-refractivity contribution in [2.45, 2.75) is 12.8 Å². The molecule has 1 heterocycles. The molecule has 0 unspecified atom stereocenters. The Kier molecular flexibility index (Phi) is 2.95. The molecule has 0 spiro atoms. The van der Waals surface area contributed by atoms with Gasteiger partial charge >= 0.3 is 0 Å². The smallest absolute Gasteiger partial charge is 0.208 e. The van der Waals surface area contributed by atoms with Crippen LogP contribution < -0.4 is 0 Å². The van der Waals surface area contributed by atoms with E-state index in [9.17, 15) is 4.79 Å². The van der Waals surface area contributed by atoms with Gasteiger partial charge in [-0.1, -0.05) is 30.9 Å². The van der Waals surface area contributed by atoms with Crippen LogP contribution in [-0.4, -0.2) is 17.4 Å². The van der Waals surface area contributed by atoms with Crippen molar-refractivity contribution in [2.24, 2.45) is 0 Å². The number of ketones is 1. The fraction of sp³-hybridized carbons (Fsp3) is 0.188. The van der Waals surface area contributed by atoms with Gasteiger partial charge in [0.05, 0.1) is 12.0 Å². The summed E-state index contributed by atoms with van der Waals surface area (Å²) in [5, 5.41) is 1.15. The lowest BCUT2D eigenvalue weighted by Crippen LogP contribution is -2.14. The van der Waals surface area contributed by atoms with Crippen LogP contribution in [0.4, 0.5) is 0 Å². The number of aromatic nitrogens is 1. The van der Waals surface area contributed by atoms with Gasteiger partial charge in [0.2, 0.25) is 5.78 Å². The number of para-hydroxylation sites is 1. The summed E-state index contributed by atoms with van der Waals surface area (Å²) >= 11 is 0. The average molecular weight is 253 g/mol. The van der Waals surface area contributed by atoms with Gasteiger partial charge in [-0.2, -0.15) is 0 Å². The molecule has 0 saturated heterocycles. The van der Waals surface area contributed by atoms with E-state index in [-0.39, 0.29) is 5.78 Å². The topological polar surface area (TPSA) is 42.1 Å². The Morgan fingerprint density at radius 1 is 1.32 bits per heavy atom. The van der Waals surface area contributed by atoms with E-state index in [2.05, 4.69) is 17.6 Å². The molecule has 1 aromatic heterocycles. The van der Waals surface area contributed by atoms with E-state index in [4.69, 9.17) is 4.74 Å². The van der Waals surface area contributed by atoms with E-state index in [0.717, 1.165) is 34.9 Å². The quantitative estimate of drug-likeness (QED) is 0.394. The highest BCUT2D eigenvalue weighted by atomic mass is 16.5. The highest BCUT2D eigenvalue weighted by Crippen LogP contribution is 2.31. The maximum Gasteiger partial charge on any atom is 0.208 e. The summed E-state index contributed by atoms with van der Waals surface area (Å²) in [6.07, 6.45) is 4.83. The standard InChI is InChI=1S/C16H15NO2/c1-2-9-19-10-11-7-8-13-12-5-3-4-6-14(12)17-15(13)16(11)18/h2-6,10,17H,1,7-9H2. The number of ether oxygens (including phenoxy) is 1. The number of H-pyrrole nitrogens is 1. The highest BCUT2D eigenvalue weighted by Gasteiger charge is 2.25. The van der Waals surface area contributed by atoms with Gasteiger partial charge in [-0.3, -0.25) is 4.79 Å². The second kappa shape index (κ2) is 4.76. The average Bonchev–Trinajstić information content (AvgIpc) is 2.81. The number of benzene rings is 1. The molecular weight excluding hydrogens is 238 g/mol. The van der Waals surface area contributed by atoms with Crippen LogP contribution in [-0.2, 0) is 11.2 Å². The number of rotatable bonds is 3. The number of aryl methyl sites for hydroxylation is 1. The number of hydrogen-bond acceptors (Lipinski definition) is 2. The van der Waals surface area contributed by atoms with Crippen molar-refractivity contribution in [3.63, 3.8) is 0 Å². The number of fused-ring (bicyclic) bond motifs is 3. The number of carbonyl (C=O) groups is 1. The Bertz CT molecular complexity index is 679. The molecule has 0 amide bonds. The molecule has 3 rings (SSSR count). The predicted molar refractivity (Wildman–Crippen MR) is 75.2 cm³/mol. The lowest BCUT2D eigenvalue weighted by atomic mass is 9.91. The summed E-state index contributed by atoms with van der Waals surface area (Å²) < 4.78 is 5.27. The third-order valence-corrected chi connectivity index (χ3v) is 3.42. The molecule has 3 nitrogen and oxygen atoms in total. The van der Waals surface area contributed by atoms with Gasteiger partial charge in [-0.15, -0.1) is 0 Å². The van der Waals surface area contributed by atoms with E-state index < -0.39 is 0 Å².